The molecule has 0 aliphatic carbocycles. The molecule has 0 radical (unpaired) electrons. The molecule has 1 aliphatic rings. The van der Waals surface area contributed by atoms with Crippen molar-refractivity contribution in [1.29, 1.82) is 0 Å². The summed E-state index contributed by atoms with van der Waals surface area (Å²) < 4.78 is 6.90. The Hall–Kier alpha value is -1.56. The molecular formula is C11H18N4O2. The van der Waals surface area contributed by atoms with Crippen LogP contribution in [0.1, 0.15) is 30.4 Å². The van der Waals surface area contributed by atoms with Gasteiger partial charge in [0.15, 0.2) is 0 Å². The molecule has 2 N–H and O–H groups in total. The zero-order valence-electron chi connectivity index (χ0n) is 10.2. The summed E-state index contributed by atoms with van der Waals surface area (Å²) in [6.45, 7) is 6.39. The largest absolute Gasteiger partial charge is 0.382 e. The highest BCUT2D eigenvalue weighted by atomic mass is 16.5. The van der Waals surface area contributed by atoms with Gasteiger partial charge < -0.3 is 15.4 Å². The molecule has 1 amide bonds. The molecule has 1 saturated heterocycles. The molecule has 0 saturated carbocycles. The van der Waals surface area contributed by atoms with Crippen LogP contribution in [-0.4, -0.2) is 46.9 Å². The molecule has 94 valence electrons. The van der Waals surface area contributed by atoms with Gasteiger partial charge >= 0.3 is 0 Å². The summed E-state index contributed by atoms with van der Waals surface area (Å²) in [6.07, 6.45) is 0. The molecule has 1 fully saturated rings. The van der Waals surface area contributed by atoms with Crippen molar-refractivity contribution in [2.45, 2.75) is 19.9 Å². The second kappa shape index (κ2) is 4.75. The van der Waals surface area contributed by atoms with Gasteiger partial charge in [-0.3, -0.25) is 9.48 Å². The van der Waals surface area contributed by atoms with Crippen LogP contribution in [-0.2, 0) is 4.74 Å². The molecule has 1 aromatic heterocycles. The Morgan fingerprint density at radius 2 is 2.12 bits per heavy atom. The Balaban J connectivity index is 2.23. The summed E-state index contributed by atoms with van der Waals surface area (Å²) in [5.74, 6) is 0.363. The quantitative estimate of drug-likeness (QED) is 0.815. The third-order valence-corrected chi connectivity index (χ3v) is 2.76. The van der Waals surface area contributed by atoms with Crippen LogP contribution in [0.4, 0.5) is 5.82 Å². The van der Waals surface area contributed by atoms with E-state index in [2.05, 4.69) is 5.10 Å². The van der Waals surface area contributed by atoms with Crippen LogP contribution in [0.5, 0.6) is 0 Å². The Morgan fingerprint density at radius 1 is 1.47 bits per heavy atom. The maximum atomic E-state index is 12.3. The number of hydrogen-bond donors (Lipinski definition) is 1. The van der Waals surface area contributed by atoms with Crippen LogP contribution in [0.3, 0.4) is 0 Å². The molecule has 0 atom stereocenters. The van der Waals surface area contributed by atoms with Crippen molar-refractivity contribution in [1.82, 2.24) is 14.7 Å². The lowest BCUT2D eigenvalue weighted by Gasteiger charge is -2.27. The zero-order valence-corrected chi connectivity index (χ0v) is 10.2. The van der Waals surface area contributed by atoms with Crippen LogP contribution >= 0.6 is 0 Å². The monoisotopic (exact) mass is 238 g/mol. The van der Waals surface area contributed by atoms with E-state index in [9.17, 15) is 4.79 Å². The number of anilines is 1. The number of nitrogens with zero attached hydrogens (tertiary/aromatic N) is 3. The fourth-order valence-corrected chi connectivity index (χ4v) is 1.90. The molecule has 1 aromatic rings. The number of carbonyl (C=O) groups is 1. The predicted octanol–water partition coefficient (Wildman–Crippen LogP) is 0.519. The molecule has 17 heavy (non-hydrogen) atoms. The third kappa shape index (κ3) is 2.41. The van der Waals surface area contributed by atoms with Crippen molar-refractivity contribution in [3.63, 3.8) is 0 Å². The molecule has 0 bridgehead atoms. The fraction of sp³-hybridized carbons (Fsp3) is 0.636. The van der Waals surface area contributed by atoms with Gasteiger partial charge in [-0.25, -0.2) is 0 Å². The van der Waals surface area contributed by atoms with Crippen molar-refractivity contribution >= 4 is 11.7 Å². The molecule has 0 aromatic carbocycles. The lowest BCUT2D eigenvalue weighted by Crippen LogP contribution is -2.41. The Kier molecular flexibility index (Phi) is 3.33. The highest BCUT2D eigenvalue weighted by Gasteiger charge is 2.23. The third-order valence-electron chi connectivity index (χ3n) is 2.76. The summed E-state index contributed by atoms with van der Waals surface area (Å²) in [5.41, 5.74) is 6.21. The number of rotatable bonds is 2. The Bertz CT molecular complexity index is 408. The minimum Gasteiger partial charge on any atom is -0.382 e. The Morgan fingerprint density at radius 3 is 2.71 bits per heavy atom. The summed E-state index contributed by atoms with van der Waals surface area (Å²) in [5, 5.41) is 4.14. The normalized spacial score (nSPS) is 16.5. The smallest absolute Gasteiger partial charge is 0.272 e. The topological polar surface area (TPSA) is 73.4 Å². The molecule has 0 unspecified atom stereocenters. The van der Waals surface area contributed by atoms with Gasteiger partial charge in [-0.15, -0.1) is 0 Å². The van der Waals surface area contributed by atoms with E-state index >= 15 is 0 Å². The lowest BCUT2D eigenvalue weighted by atomic mass is 10.3. The maximum Gasteiger partial charge on any atom is 0.272 e. The molecule has 6 nitrogen and oxygen atoms in total. The van der Waals surface area contributed by atoms with Crippen molar-refractivity contribution in [2.24, 2.45) is 0 Å². The van der Waals surface area contributed by atoms with E-state index in [1.807, 2.05) is 13.8 Å². The van der Waals surface area contributed by atoms with Gasteiger partial charge in [0, 0.05) is 25.2 Å². The number of hydrogen-bond acceptors (Lipinski definition) is 4. The Labute approximate surface area is 100 Å². The molecule has 0 spiro atoms. The molecule has 2 rings (SSSR count). The molecule has 6 heteroatoms. The summed E-state index contributed by atoms with van der Waals surface area (Å²) >= 11 is 0. The maximum absolute atomic E-state index is 12.3. The van der Waals surface area contributed by atoms with E-state index in [4.69, 9.17) is 10.5 Å². The van der Waals surface area contributed by atoms with Crippen LogP contribution in [0.25, 0.3) is 0 Å². The minimum absolute atomic E-state index is 0.0220. The van der Waals surface area contributed by atoms with E-state index in [1.54, 1.807) is 15.6 Å². The number of amides is 1. The zero-order chi connectivity index (χ0) is 12.4. The highest BCUT2D eigenvalue weighted by Crippen LogP contribution is 2.15. The van der Waals surface area contributed by atoms with Gasteiger partial charge in [-0.05, 0) is 13.8 Å². The number of aromatic nitrogens is 2. The minimum atomic E-state index is -0.0220. The average Bonchev–Trinajstić information content (AvgIpc) is 2.72. The first kappa shape index (κ1) is 11.9. The van der Waals surface area contributed by atoms with E-state index in [1.165, 1.54) is 0 Å². The SMILES string of the molecule is CC(C)n1nc(N)cc1C(=O)N1CCOCC1. The first-order chi connectivity index (χ1) is 8.09. The van der Waals surface area contributed by atoms with Crippen molar-refractivity contribution < 1.29 is 9.53 Å². The van der Waals surface area contributed by atoms with Gasteiger partial charge in [-0.1, -0.05) is 0 Å². The molecular weight excluding hydrogens is 220 g/mol. The summed E-state index contributed by atoms with van der Waals surface area (Å²) in [4.78, 5) is 14.1. The number of morpholine rings is 1. The van der Waals surface area contributed by atoms with Crippen molar-refractivity contribution in [3.8, 4) is 0 Å². The second-order valence-corrected chi connectivity index (χ2v) is 4.40. The van der Waals surface area contributed by atoms with Gasteiger partial charge in [-0.2, -0.15) is 5.10 Å². The fourth-order valence-electron chi connectivity index (χ4n) is 1.90. The molecule has 2 heterocycles. The standard InChI is InChI=1S/C11H18N4O2/c1-8(2)15-9(7-10(12)13-15)11(16)14-3-5-17-6-4-14/h7-8H,3-6H2,1-2H3,(H2,12,13). The van der Waals surface area contributed by atoms with Crippen LogP contribution in [0, 0.1) is 0 Å². The van der Waals surface area contributed by atoms with Gasteiger partial charge in [0.25, 0.3) is 5.91 Å². The van der Waals surface area contributed by atoms with E-state index in [0.29, 0.717) is 37.8 Å². The van der Waals surface area contributed by atoms with E-state index < -0.39 is 0 Å². The van der Waals surface area contributed by atoms with Gasteiger partial charge in [0.05, 0.1) is 13.2 Å². The van der Waals surface area contributed by atoms with Crippen molar-refractivity contribution in [2.75, 3.05) is 32.0 Å². The predicted molar refractivity (Wildman–Crippen MR) is 63.7 cm³/mol. The number of carbonyl (C=O) groups excluding carboxylic acids is 1. The lowest BCUT2D eigenvalue weighted by molar-refractivity contribution is 0.0293. The number of ether oxygens (including phenoxy) is 1. The van der Waals surface area contributed by atoms with Crippen LogP contribution in [0.2, 0.25) is 0 Å². The van der Waals surface area contributed by atoms with Crippen molar-refractivity contribution in [3.05, 3.63) is 11.8 Å². The van der Waals surface area contributed by atoms with Gasteiger partial charge in [0.2, 0.25) is 0 Å². The molecule has 1 aliphatic heterocycles. The number of nitrogen functional groups attached to an aromatic ring is 1. The van der Waals surface area contributed by atoms with Crippen LogP contribution in [0.15, 0.2) is 6.07 Å². The number of nitrogens with two attached hydrogens (primary N) is 1. The van der Waals surface area contributed by atoms with E-state index in [0.717, 1.165) is 0 Å². The first-order valence-corrected chi connectivity index (χ1v) is 5.81. The van der Waals surface area contributed by atoms with Gasteiger partial charge in [0.1, 0.15) is 11.5 Å². The second-order valence-electron chi connectivity index (χ2n) is 4.40. The highest BCUT2D eigenvalue weighted by molar-refractivity contribution is 5.93. The van der Waals surface area contributed by atoms with Crippen LogP contribution < -0.4 is 5.73 Å². The summed E-state index contributed by atoms with van der Waals surface area (Å²) in [7, 11) is 0. The summed E-state index contributed by atoms with van der Waals surface area (Å²) in [6, 6.07) is 1.75. The first-order valence-electron chi connectivity index (χ1n) is 5.81. The van der Waals surface area contributed by atoms with E-state index in [-0.39, 0.29) is 11.9 Å². The average molecular weight is 238 g/mol.